The fourth-order valence-corrected chi connectivity index (χ4v) is 1.82. The van der Waals surface area contributed by atoms with E-state index in [2.05, 4.69) is 11.9 Å². The third kappa shape index (κ3) is 2.71. The number of hydrogen-bond donors (Lipinski definition) is 1. The second-order valence-corrected chi connectivity index (χ2v) is 4.30. The molecule has 0 aliphatic rings. The molecule has 1 atom stereocenters. The van der Waals surface area contributed by atoms with Crippen molar-refractivity contribution in [2.24, 2.45) is 12.8 Å². The summed E-state index contributed by atoms with van der Waals surface area (Å²) >= 11 is 0. The monoisotopic (exact) mass is 245 g/mol. The van der Waals surface area contributed by atoms with Crippen LogP contribution in [-0.2, 0) is 13.7 Å². The molecule has 18 heavy (non-hydrogen) atoms. The first-order valence-corrected chi connectivity index (χ1v) is 6.16. The Bertz CT molecular complexity index is 507. The molecule has 1 unspecified atom stereocenters. The molecule has 0 fully saturated rings. The van der Waals surface area contributed by atoms with Gasteiger partial charge in [-0.15, -0.1) is 0 Å². The van der Waals surface area contributed by atoms with Crippen LogP contribution in [0.3, 0.4) is 0 Å². The zero-order valence-electron chi connectivity index (χ0n) is 10.8. The van der Waals surface area contributed by atoms with E-state index in [9.17, 15) is 0 Å². The van der Waals surface area contributed by atoms with Gasteiger partial charge in [-0.2, -0.15) is 0 Å². The third-order valence-corrected chi connectivity index (χ3v) is 3.04. The van der Waals surface area contributed by atoms with Gasteiger partial charge in [-0.25, -0.2) is 4.98 Å². The van der Waals surface area contributed by atoms with Crippen LogP contribution in [0.4, 0.5) is 0 Å². The Morgan fingerprint density at radius 1 is 1.39 bits per heavy atom. The van der Waals surface area contributed by atoms with Crippen molar-refractivity contribution in [3.63, 3.8) is 0 Å². The van der Waals surface area contributed by atoms with Crippen molar-refractivity contribution in [3.05, 3.63) is 48.0 Å². The smallest absolute Gasteiger partial charge is 0.146 e. The van der Waals surface area contributed by atoms with Crippen molar-refractivity contribution in [2.75, 3.05) is 0 Å². The summed E-state index contributed by atoms with van der Waals surface area (Å²) in [7, 11) is 1.95. The maximum atomic E-state index is 6.07. The number of rotatable bonds is 5. The summed E-state index contributed by atoms with van der Waals surface area (Å²) in [5.41, 5.74) is 7.12. The van der Waals surface area contributed by atoms with Crippen molar-refractivity contribution in [1.29, 1.82) is 0 Å². The van der Waals surface area contributed by atoms with Crippen LogP contribution in [0.15, 0.2) is 36.7 Å². The Kier molecular flexibility index (Phi) is 3.99. The maximum absolute atomic E-state index is 6.07. The van der Waals surface area contributed by atoms with E-state index in [1.807, 2.05) is 42.1 Å². The molecule has 0 aliphatic carbocycles. The quantitative estimate of drug-likeness (QED) is 0.880. The van der Waals surface area contributed by atoms with Gasteiger partial charge in [-0.05, 0) is 12.5 Å². The van der Waals surface area contributed by atoms with Crippen LogP contribution in [0.1, 0.15) is 30.8 Å². The van der Waals surface area contributed by atoms with Crippen LogP contribution in [0, 0.1) is 0 Å². The first kappa shape index (κ1) is 12.6. The van der Waals surface area contributed by atoms with Crippen LogP contribution in [-0.4, -0.2) is 9.55 Å². The Hall–Kier alpha value is -1.81. The first-order chi connectivity index (χ1) is 8.72. The minimum absolute atomic E-state index is 0.0163. The Morgan fingerprint density at radius 3 is 2.83 bits per heavy atom. The number of imidazole rings is 1. The molecule has 0 aliphatic heterocycles. The molecule has 0 saturated heterocycles. The van der Waals surface area contributed by atoms with E-state index in [4.69, 9.17) is 10.5 Å². The molecule has 2 rings (SSSR count). The van der Waals surface area contributed by atoms with E-state index < -0.39 is 0 Å². The molecule has 1 heterocycles. The summed E-state index contributed by atoms with van der Waals surface area (Å²) in [5, 5.41) is 0. The molecule has 0 radical (unpaired) electrons. The van der Waals surface area contributed by atoms with E-state index in [1.165, 1.54) is 0 Å². The molecule has 0 bridgehead atoms. The second kappa shape index (κ2) is 5.69. The van der Waals surface area contributed by atoms with Gasteiger partial charge < -0.3 is 15.0 Å². The number of aryl methyl sites for hydroxylation is 1. The van der Waals surface area contributed by atoms with E-state index in [-0.39, 0.29) is 6.04 Å². The minimum Gasteiger partial charge on any atom is -0.485 e. The highest BCUT2D eigenvalue weighted by Crippen LogP contribution is 2.25. The van der Waals surface area contributed by atoms with Gasteiger partial charge in [0.15, 0.2) is 0 Å². The molecular formula is C14H19N3O. The van der Waals surface area contributed by atoms with Crippen molar-refractivity contribution in [1.82, 2.24) is 9.55 Å². The Balaban J connectivity index is 2.12. The SMILES string of the molecule is CCC(N)c1ccccc1OCc1nccn1C. The number of nitrogens with zero attached hydrogens (tertiary/aromatic N) is 2. The highest BCUT2D eigenvalue weighted by Gasteiger charge is 2.10. The fourth-order valence-electron chi connectivity index (χ4n) is 1.82. The second-order valence-electron chi connectivity index (χ2n) is 4.30. The van der Waals surface area contributed by atoms with Crippen LogP contribution in [0.5, 0.6) is 5.75 Å². The average Bonchev–Trinajstić information content (AvgIpc) is 2.81. The predicted molar refractivity (Wildman–Crippen MR) is 71.2 cm³/mol. The lowest BCUT2D eigenvalue weighted by atomic mass is 10.0. The highest BCUT2D eigenvalue weighted by molar-refractivity contribution is 5.35. The van der Waals surface area contributed by atoms with Crippen LogP contribution in [0.2, 0.25) is 0 Å². The standard InChI is InChI=1S/C14H19N3O/c1-3-12(15)11-6-4-5-7-13(11)18-10-14-16-8-9-17(14)2/h4-9,12H,3,10,15H2,1-2H3. The Labute approximate surface area is 107 Å². The number of ether oxygens (including phenoxy) is 1. The van der Waals surface area contributed by atoms with Gasteiger partial charge in [-0.1, -0.05) is 25.1 Å². The van der Waals surface area contributed by atoms with Gasteiger partial charge in [0.05, 0.1) is 0 Å². The van der Waals surface area contributed by atoms with Crippen molar-refractivity contribution in [2.45, 2.75) is 26.0 Å². The van der Waals surface area contributed by atoms with Gasteiger partial charge >= 0.3 is 0 Å². The summed E-state index contributed by atoms with van der Waals surface area (Å²) in [5.74, 6) is 1.74. The molecule has 4 heteroatoms. The highest BCUT2D eigenvalue weighted by atomic mass is 16.5. The molecule has 0 amide bonds. The van der Waals surface area contributed by atoms with E-state index in [0.717, 1.165) is 23.6 Å². The molecule has 2 N–H and O–H groups in total. The number of aromatic nitrogens is 2. The number of nitrogens with two attached hydrogens (primary N) is 1. The number of benzene rings is 1. The number of para-hydroxylation sites is 1. The van der Waals surface area contributed by atoms with E-state index >= 15 is 0 Å². The molecule has 2 aromatic rings. The molecule has 1 aromatic heterocycles. The van der Waals surface area contributed by atoms with E-state index in [1.54, 1.807) is 6.20 Å². The lowest BCUT2D eigenvalue weighted by molar-refractivity contribution is 0.287. The Morgan fingerprint density at radius 2 is 2.17 bits per heavy atom. The molecule has 0 saturated carbocycles. The normalized spacial score (nSPS) is 12.4. The third-order valence-electron chi connectivity index (χ3n) is 3.04. The predicted octanol–water partition coefficient (Wildman–Crippen LogP) is 2.41. The lowest BCUT2D eigenvalue weighted by Crippen LogP contribution is -2.11. The average molecular weight is 245 g/mol. The molecular weight excluding hydrogens is 226 g/mol. The molecule has 0 spiro atoms. The zero-order valence-corrected chi connectivity index (χ0v) is 10.8. The summed E-state index contributed by atoms with van der Waals surface area (Å²) in [6.07, 6.45) is 4.56. The van der Waals surface area contributed by atoms with E-state index in [0.29, 0.717) is 6.61 Å². The van der Waals surface area contributed by atoms with Gasteiger partial charge in [0, 0.05) is 31.0 Å². The van der Waals surface area contributed by atoms with Crippen LogP contribution >= 0.6 is 0 Å². The lowest BCUT2D eigenvalue weighted by Gasteiger charge is -2.15. The van der Waals surface area contributed by atoms with Gasteiger partial charge in [0.2, 0.25) is 0 Å². The van der Waals surface area contributed by atoms with Gasteiger partial charge in [0.25, 0.3) is 0 Å². The summed E-state index contributed by atoms with van der Waals surface area (Å²) in [6, 6.07) is 7.93. The summed E-state index contributed by atoms with van der Waals surface area (Å²) in [6.45, 7) is 2.52. The van der Waals surface area contributed by atoms with Gasteiger partial charge in [-0.3, -0.25) is 0 Å². The zero-order chi connectivity index (χ0) is 13.0. The van der Waals surface area contributed by atoms with Gasteiger partial charge in [0.1, 0.15) is 18.2 Å². The van der Waals surface area contributed by atoms with Crippen molar-refractivity contribution < 1.29 is 4.74 Å². The largest absolute Gasteiger partial charge is 0.485 e. The van der Waals surface area contributed by atoms with Crippen molar-refractivity contribution >= 4 is 0 Å². The topological polar surface area (TPSA) is 53.1 Å². The van der Waals surface area contributed by atoms with Crippen LogP contribution in [0.25, 0.3) is 0 Å². The maximum Gasteiger partial charge on any atom is 0.146 e. The molecule has 1 aromatic carbocycles. The summed E-state index contributed by atoms with van der Waals surface area (Å²) in [4.78, 5) is 4.23. The van der Waals surface area contributed by atoms with Crippen molar-refractivity contribution in [3.8, 4) is 5.75 Å². The minimum atomic E-state index is 0.0163. The first-order valence-electron chi connectivity index (χ1n) is 6.16. The summed E-state index contributed by atoms with van der Waals surface area (Å²) < 4.78 is 7.77. The number of hydrogen-bond acceptors (Lipinski definition) is 3. The molecule has 4 nitrogen and oxygen atoms in total. The van der Waals surface area contributed by atoms with Crippen LogP contribution < -0.4 is 10.5 Å². The molecule has 96 valence electrons. The fraction of sp³-hybridized carbons (Fsp3) is 0.357.